The highest BCUT2D eigenvalue weighted by Crippen LogP contribution is 2.18. The molecule has 30 heavy (non-hydrogen) atoms. The Balaban J connectivity index is 1.97. The molecule has 0 atom stereocenters. The molecule has 0 aromatic heterocycles. The number of sulfonamides is 1. The summed E-state index contributed by atoms with van der Waals surface area (Å²) in [5.74, 6) is -0.708. The molecule has 162 valence electrons. The molecule has 0 spiro atoms. The Morgan fingerprint density at radius 3 is 2.03 bits per heavy atom. The molecule has 2 amide bonds. The number of aryl methyl sites for hydroxylation is 1. The van der Waals surface area contributed by atoms with Crippen LogP contribution in [0.3, 0.4) is 0 Å². The van der Waals surface area contributed by atoms with Crippen LogP contribution in [0.25, 0.3) is 0 Å². The van der Waals surface area contributed by atoms with Crippen LogP contribution in [-0.4, -0.2) is 31.6 Å². The summed E-state index contributed by atoms with van der Waals surface area (Å²) in [6.07, 6.45) is 0.286. The van der Waals surface area contributed by atoms with E-state index in [9.17, 15) is 18.0 Å². The van der Waals surface area contributed by atoms with Crippen molar-refractivity contribution in [3.8, 4) is 0 Å². The predicted octanol–water partition coefficient (Wildman–Crippen LogP) is 3.01. The number of amides is 2. The lowest BCUT2D eigenvalue weighted by molar-refractivity contribution is -0.123. The highest BCUT2D eigenvalue weighted by Gasteiger charge is 2.21. The van der Waals surface area contributed by atoms with Gasteiger partial charge in [0.05, 0.1) is 4.90 Å². The molecule has 2 rings (SSSR count). The summed E-state index contributed by atoms with van der Waals surface area (Å²) in [6, 6.07) is 13.2. The Kier molecular flexibility index (Phi) is 7.39. The maximum Gasteiger partial charge on any atom is 0.269 e. The average Bonchev–Trinajstić information content (AvgIpc) is 2.65. The van der Waals surface area contributed by atoms with Gasteiger partial charge in [0.25, 0.3) is 5.91 Å². The number of hydrogen-bond acceptors (Lipinski definition) is 4. The summed E-state index contributed by atoms with van der Waals surface area (Å²) in [4.78, 5) is 24.2. The van der Waals surface area contributed by atoms with Gasteiger partial charge in [-0.3, -0.25) is 20.4 Å². The minimum Gasteiger partial charge on any atom is -0.273 e. The number of benzene rings is 2. The Hall–Kier alpha value is -2.71. The van der Waals surface area contributed by atoms with Crippen molar-refractivity contribution in [2.75, 3.05) is 7.05 Å². The van der Waals surface area contributed by atoms with Crippen LogP contribution in [0.1, 0.15) is 48.7 Å². The number of nitrogens with zero attached hydrogens (tertiary/aromatic N) is 1. The molecule has 0 aliphatic rings. The third-order valence-electron chi connectivity index (χ3n) is 4.36. The lowest BCUT2D eigenvalue weighted by Crippen LogP contribution is -2.42. The van der Waals surface area contributed by atoms with E-state index in [4.69, 9.17) is 0 Å². The zero-order chi connectivity index (χ0) is 22.5. The van der Waals surface area contributed by atoms with Gasteiger partial charge in [0, 0.05) is 25.6 Å². The molecule has 8 heteroatoms. The van der Waals surface area contributed by atoms with Crippen molar-refractivity contribution in [1.82, 2.24) is 15.2 Å². The van der Waals surface area contributed by atoms with E-state index in [0.29, 0.717) is 5.56 Å². The number of carbonyl (C=O) groups excluding carboxylic acids is 2. The standard InChI is InChI=1S/C22H29N3O4S/c1-16-6-12-19(13-7-16)30(28,29)25(5)15-17-8-10-18(11-9-17)21(27)24-23-20(26)14-22(2,3)4/h6-13H,14-15H2,1-5H3,(H,23,26)(H,24,27). The Labute approximate surface area is 178 Å². The van der Waals surface area contributed by atoms with Gasteiger partial charge in [-0.1, -0.05) is 50.6 Å². The lowest BCUT2D eigenvalue weighted by Gasteiger charge is -2.18. The van der Waals surface area contributed by atoms with E-state index < -0.39 is 15.9 Å². The first-order chi connectivity index (χ1) is 13.9. The third kappa shape index (κ3) is 6.67. The minimum absolute atomic E-state index is 0.167. The van der Waals surface area contributed by atoms with Crippen molar-refractivity contribution in [3.05, 3.63) is 65.2 Å². The van der Waals surface area contributed by atoms with Crippen molar-refractivity contribution < 1.29 is 18.0 Å². The second-order valence-corrected chi connectivity index (χ2v) is 10.6. The van der Waals surface area contributed by atoms with Crippen LogP contribution < -0.4 is 10.9 Å². The van der Waals surface area contributed by atoms with Gasteiger partial charge >= 0.3 is 0 Å². The van der Waals surface area contributed by atoms with Crippen LogP contribution in [0.15, 0.2) is 53.4 Å². The molecule has 0 radical (unpaired) electrons. The van der Waals surface area contributed by atoms with Crippen LogP contribution in [0.5, 0.6) is 0 Å². The molecular weight excluding hydrogens is 402 g/mol. The molecule has 0 saturated carbocycles. The van der Waals surface area contributed by atoms with Gasteiger partial charge in [-0.2, -0.15) is 4.31 Å². The van der Waals surface area contributed by atoms with Gasteiger partial charge in [0.15, 0.2) is 0 Å². The lowest BCUT2D eigenvalue weighted by atomic mass is 9.92. The monoisotopic (exact) mass is 431 g/mol. The molecule has 0 saturated heterocycles. The van der Waals surface area contributed by atoms with Gasteiger partial charge < -0.3 is 0 Å². The van der Waals surface area contributed by atoms with Crippen molar-refractivity contribution in [1.29, 1.82) is 0 Å². The SMILES string of the molecule is Cc1ccc(S(=O)(=O)N(C)Cc2ccc(C(=O)NNC(=O)CC(C)(C)C)cc2)cc1. The summed E-state index contributed by atoms with van der Waals surface area (Å²) < 4.78 is 26.6. The highest BCUT2D eigenvalue weighted by molar-refractivity contribution is 7.89. The number of nitrogens with one attached hydrogen (secondary N) is 2. The molecule has 0 heterocycles. The van der Waals surface area contributed by atoms with Crippen LogP contribution >= 0.6 is 0 Å². The molecule has 2 aromatic rings. The predicted molar refractivity (Wildman–Crippen MR) is 116 cm³/mol. The molecule has 7 nitrogen and oxygen atoms in total. The zero-order valence-electron chi connectivity index (χ0n) is 18.0. The Morgan fingerprint density at radius 2 is 1.50 bits per heavy atom. The van der Waals surface area contributed by atoms with E-state index in [-0.39, 0.29) is 29.2 Å². The fourth-order valence-corrected chi connectivity index (χ4v) is 3.88. The van der Waals surface area contributed by atoms with Crippen molar-refractivity contribution in [2.45, 2.75) is 45.6 Å². The quantitative estimate of drug-likeness (QED) is 0.687. The van der Waals surface area contributed by atoms with Crippen molar-refractivity contribution in [2.24, 2.45) is 5.41 Å². The first-order valence-corrected chi connectivity index (χ1v) is 11.0. The van der Waals surface area contributed by atoms with Crippen LogP contribution in [0, 0.1) is 12.3 Å². The summed E-state index contributed by atoms with van der Waals surface area (Å²) in [5, 5.41) is 0. The fourth-order valence-electron chi connectivity index (χ4n) is 2.72. The van der Waals surface area contributed by atoms with Gasteiger partial charge in [-0.25, -0.2) is 8.42 Å². The van der Waals surface area contributed by atoms with E-state index in [1.54, 1.807) is 48.5 Å². The molecule has 2 N–H and O–H groups in total. The molecule has 0 bridgehead atoms. The highest BCUT2D eigenvalue weighted by atomic mass is 32.2. The molecule has 0 unspecified atom stereocenters. The number of hydrazine groups is 1. The molecule has 0 fully saturated rings. The Morgan fingerprint density at radius 1 is 0.933 bits per heavy atom. The van der Waals surface area contributed by atoms with Crippen molar-refractivity contribution in [3.63, 3.8) is 0 Å². The average molecular weight is 432 g/mol. The summed E-state index contributed by atoms with van der Waals surface area (Å²) in [5.41, 5.74) is 6.69. The molecule has 0 aliphatic carbocycles. The first-order valence-electron chi connectivity index (χ1n) is 9.60. The van der Waals surface area contributed by atoms with Crippen LogP contribution in [-0.2, 0) is 21.4 Å². The Bertz CT molecular complexity index is 992. The van der Waals surface area contributed by atoms with E-state index >= 15 is 0 Å². The van der Waals surface area contributed by atoms with E-state index in [0.717, 1.165) is 11.1 Å². The molecule has 2 aromatic carbocycles. The van der Waals surface area contributed by atoms with Gasteiger partial charge in [-0.15, -0.1) is 0 Å². The van der Waals surface area contributed by atoms with Gasteiger partial charge in [0.2, 0.25) is 15.9 Å². The van der Waals surface area contributed by atoms with Crippen LogP contribution in [0.4, 0.5) is 0 Å². The van der Waals surface area contributed by atoms with E-state index in [2.05, 4.69) is 10.9 Å². The van der Waals surface area contributed by atoms with Gasteiger partial charge in [-0.05, 0) is 42.2 Å². The zero-order valence-corrected chi connectivity index (χ0v) is 18.8. The van der Waals surface area contributed by atoms with E-state index in [1.807, 2.05) is 27.7 Å². The largest absolute Gasteiger partial charge is 0.273 e. The molecular formula is C22H29N3O4S. The number of hydrogen-bond donors (Lipinski definition) is 2. The van der Waals surface area contributed by atoms with E-state index in [1.165, 1.54) is 11.4 Å². The number of carbonyl (C=O) groups is 2. The summed E-state index contributed by atoms with van der Waals surface area (Å²) in [7, 11) is -2.09. The maximum absolute atomic E-state index is 12.7. The topological polar surface area (TPSA) is 95.6 Å². The van der Waals surface area contributed by atoms with Gasteiger partial charge in [0.1, 0.15) is 0 Å². The molecule has 0 aliphatic heterocycles. The van der Waals surface area contributed by atoms with Crippen LogP contribution in [0.2, 0.25) is 0 Å². The fraction of sp³-hybridized carbons (Fsp3) is 0.364. The maximum atomic E-state index is 12.7. The second kappa shape index (κ2) is 9.40. The number of rotatable bonds is 6. The second-order valence-electron chi connectivity index (χ2n) is 8.51. The smallest absolute Gasteiger partial charge is 0.269 e. The first kappa shape index (κ1) is 23.6. The summed E-state index contributed by atoms with van der Waals surface area (Å²) in [6.45, 7) is 7.86. The summed E-state index contributed by atoms with van der Waals surface area (Å²) >= 11 is 0. The third-order valence-corrected chi connectivity index (χ3v) is 6.17. The normalized spacial score (nSPS) is 11.9. The van der Waals surface area contributed by atoms with Crippen molar-refractivity contribution >= 4 is 21.8 Å². The minimum atomic E-state index is -3.61.